The first-order valence-corrected chi connectivity index (χ1v) is 10.7. The minimum absolute atomic E-state index is 0.0800. The molecule has 0 spiro atoms. The first-order valence-electron chi connectivity index (χ1n) is 10.7. The molecule has 0 fully saturated rings. The number of nitrogens with one attached hydrogen (secondary N) is 2. The molecule has 8 nitrogen and oxygen atoms in total. The smallest absolute Gasteiger partial charge is 0.408 e. The van der Waals surface area contributed by atoms with Crippen LogP contribution < -0.4 is 16.4 Å². The summed E-state index contributed by atoms with van der Waals surface area (Å²) in [5, 5.41) is 6.20. The standard InChI is InChI=1S/C25H28N4O4/c1-16(2)22(29-25(32)33-15-17-8-4-3-5-9-17)24(31)28-21(23(26)30)14-19-13-12-18-10-6-7-11-20(18)27-19/h3-13,16,21-22H,14-15H2,1-2H3,(H2,26,30)(H,28,31)(H,29,32)/t21-,22-/m1/s1. The van der Waals surface area contributed by atoms with Crippen LogP contribution in [0.1, 0.15) is 25.1 Å². The van der Waals surface area contributed by atoms with Crippen LogP contribution in [-0.4, -0.2) is 35.0 Å². The van der Waals surface area contributed by atoms with Crippen molar-refractivity contribution < 1.29 is 19.1 Å². The average Bonchev–Trinajstić information content (AvgIpc) is 2.81. The van der Waals surface area contributed by atoms with Crippen LogP contribution in [0.3, 0.4) is 0 Å². The maximum absolute atomic E-state index is 12.9. The summed E-state index contributed by atoms with van der Waals surface area (Å²) >= 11 is 0. The Hall–Kier alpha value is -3.94. The van der Waals surface area contributed by atoms with Crippen molar-refractivity contribution in [3.63, 3.8) is 0 Å². The Kier molecular flexibility index (Phi) is 7.96. The molecular formula is C25H28N4O4. The van der Waals surface area contributed by atoms with Gasteiger partial charge in [0.25, 0.3) is 0 Å². The Labute approximate surface area is 192 Å². The Bertz CT molecular complexity index is 1120. The molecule has 0 aliphatic carbocycles. The van der Waals surface area contributed by atoms with E-state index in [-0.39, 0.29) is 18.9 Å². The van der Waals surface area contributed by atoms with Crippen molar-refractivity contribution in [1.29, 1.82) is 0 Å². The Morgan fingerprint density at radius 2 is 1.64 bits per heavy atom. The zero-order chi connectivity index (χ0) is 23.8. The Balaban J connectivity index is 1.63. The molecule has 2 atom stereocenters. The quantitative estimate of drug-likeness (QED) is 0.464. The predicted octanol–water partition coefficient (Wildman–Crippen LogP) is 2.70. The number of fused-ring (bicyclic) bond motifs is 1. The summed E-state index contributed by atoms with van der Waals surface area (Å²) in [6.07, 6.45) is -0.589. The van der Waals surface area contributed by atoms with Gasteiger partial charge in [-0.2, -0.15) is 0 Å². The van der Waals surface area contributed by atoms with Crippen LogP contribution in [0.25, 0.3) is 10.9 Å². The summed E-state index contributed by atoms with van der Waals surface area (Å²) < 4.78 is 5.22. The first kappa shape index (κ1) is 23.7. The number of aromatic nitrogens is 1. The number of nitrogens with zero attached hydrogens (tertiary/aromatic N) is 1. The van der Waals surface area contributed by atoms with Gasteiger partial charge >= 0.3 is 6.09 Å². The fourth-order valence-electron chi connectivity index (χ4n) is 3.34. The third kappa shape index (κ3) is 6.77. The van der Waals surface area contributed by atoms with Crippen molar-refractivity contribution in [3.05, 3.63) is 78.0 Å². The van der Waals surface area contributed by atoms with Gasteiger partial charge in [-0.15, -0.1) is 0 Å². The molecule has 172 valence electrons. The van der Waals surface area contributed by atoms with E-state index < -0.39 is 30.0 Å². The summed E-state index contributed by atoms with van der Waals surface area (Å²) in [7, 11) is 0. The molecule has 0 aliphatic rings. The number of nitrogens with two attached hydrogens (primary N) is 1. The third-order valence-electron chi connectivity index (χ3n) is 5.16. The zero-order valence-corrected chi connectivity index (χ0v) is 18.7. The van der Waals surface area contributed by atoms with Crippen LogP contribution in [0.2, 0.25) is 0 Å². The molecule has 4 N–H and O–H groups in total. The van der Waals surface area contributed by atoms with E-state index in [0.29, 0.717) is 5.69 Å². The summed E-state index contributed by atoms with van der Waals surface area (Å²) in [5.74, 6) is -1.46. The number of hydrogen-bond acceptors (Lipinski definition) is 5. The molecule has 3 amide bonds. The average molecular weight is 449 g/mol. The number of primary amides is 1. The van der Waals surface area contributed by atoms with Crippen LogP contribution in [-0.2, 0) is 27.4 Å². The maximum Gasteiger partial charge on any atom is 0.408 e. The monoisotopic (exact) mass is 448 g/mol. The molecule has 0 saturated heterocycles. The molecule has 0 radical (unpaired) electrons. The number of pyridine rings is 1. The van der Waals surface area contributed by atoms with Crippen LogP contribution >= 0.6 is 0 Å². The topological polar surface area (TPSA) is 123 Å². The molecule has 2 aromatic carbocycles. The maximum atomic E-state index is 12.9. The second-order valence-corrected chi connectivity index (χ2v) is 8.09. The highest BCUT2D eigenvalue weighted by Gasteiger charge is 2.28. The minimum atomic E-state index is -0.977. The predicted molar refractivity (Wildman–Crippen MR) is 125 cm³/mol. The molecule has 33 heavy (non-hydrogen) atoms. The third-order valence-corrected chi connectivity index (χ3v) is 5.16. The fraction of sp³-hybridized carbons (Fsp3) is 0.280. The highest BCUT2D eigenvalue weighted by Crippen LogP contribution is 2.13. The lowest BCUT2D eigenvalue weighted by Crippen LogP contribution is -2.55. The molecule has 3 aromatic rings. The lowest BCUT2D eigenvalue weighted by molar-refractivity contribution is -0.129. The number of ether oxygens (including phenoxy) is 1. The van der Waals surface area contributed by atoms with Gasteiger partial charge in [-0.3, -0.25) is 14.6 Å². The Morgan fingerprint density at radius 3 is 2.33 bits per heavy atom. The normalized spacial score (nSPS) is 12.7. The Morgan fingerprint density at radius 1 is 0.939 bits per heavy atom. The number of carbonyl (C=O) groups excluding carboxylic acids is 3. The number of benzene rings is 2. The largest absolute Gasteiger partial charge is 0.445 e. The van der Waals surface area contributed by atoms with E-state index in [0.717, 1.165) is 16.5 Å². The second kappa shape index (κ2) is 11.1. The van der Waals surface area contributed by atoms with Crippen molar-refractivity contribution in [3.8, 4) is 0 Å². The summed E-state index contributed by atoms with van der Waals surface area (Å²) in [6, 6.07) is 18.6. The molecule has 0 saturated carbocycles. The van der Waals surface area contributed by atoms with Gasteiger partial charge in [-0.05, 0) is 23.6 Å². The number of para-hydroxylation sites is 1. The SMILES string of the molecule is CC(C)[C@@H](NC(=O)OCc1ccccc1)C(=O)N[C@H](Cc1ccc2ccccc2n1)C(N)=O. The van der Waals surface area contributed by atoms with Crippen LogP contribution in [0.15, 0.2) is 66.7 Å². The van der Waals surface area contributed by atoms with Crippen LogP contribution in [0, 0.1) is 5.92 Å². The van der Waals surface area contributed by atoms with Crippen LogP contribution in [0.5, 0.6) is 0 Å². The van der Waals surface area contributed by atoms with Gasteiger partial charge in [0.05, 0.1) is 5.52 Å². The first-order chi connectivity index (χ1) is 15.8. The molecule has 1 heterocycles. The molecule has 0 aliphatic heterocycles. The minimum Gasteiger partial charge on any atom is -0.445 e. The molecule has 0 unspecified atom stereocenters. The molecule has 3 rings (SSSR count). The highest BCUT2D eigenvalue weighted by atomic mass is 16.5. The summed E-state index contributed by atoms with van der Waals surface area (Å²) in [5.41, 5.74) is 7.77. The van der Waals surface area contributed by atoms with E-state index in [1.165, 1.54) is 0 Å². The molecule has 1 aromatic heterocycles. The van der Waals surface area contributed by atoms with Crippen molar-refractivity contribution >= 4 is 28.8 Å². The van der Waals surface area contributed by atoms with Crippen molar-refractivity contribution in [2.45, 2.75) is 39.0 Å². The lowest BCUT2D eigenvalue weighted by Gasteiger charge is -2.24. The van der Waals surface area contributed by atoms with Gasteiger partial charge < -0.3 is 21.1 Å². The van der Waals surface area contributed by atoms with Gasteiger partial charge in [0.1, 0.15) is 18.7 Å². The zero-order valence-electron chi connectivity index (χ0n) is 18.7. The van der Waals surface area contributed by atoms with Crippen molar-refractivity contribution in [1.82, 2.24) is 15.6 Å². The van der Waals surface area contributed by atoms with Crippen molar-refractivity contribution in [2.24, 2.45) is 11.7 Å². The fourth-order valence-corrected chi connectivity index (χ4v) is 3.34. The van der Waals surface area contributed by atoms with Crippen molar-refractivity contribution in [2.75, 3.05) is 0 Å². The second-order valence-electron chi connectivity index (χ2n) is 8.09. The highest BCUT2D eigenvalue weighted by molar-refractivity contribution is 5.91. The number of rotatable bonds is 9. The van der Waals surface area contributed by atoms with Gasteiger partial charge in [0.2, 0.25) is 11.8 Å². The molecule has 8 heteroatoms. The van der Waals surface area contributed by atoms with E-state index in [9.17, 15) is 14.4 Å². The lowest BCUT2D eigenvalue weighted by atomic mass is 10.0. The molecular weight excluding hydrogens is 420 g/mol. The van der Waals surface area contributed by atoms with E-state index in [4.69, 9.17) is 10.5 Å². The van der Waals surface area contributed by atoms with E-state index in [1.807, 2.05) is 60.7 Å². The number of carbonyl (C=O) groups is 3. The van der Waals surface area contributed by atoms with Gasteiger partial charge in [-0.1, -0.05) is 68.4 Å². The van der Waals surface area contributed by atoms with E-state index in [1.54, 1.807) is 19.9 Å². The summed E-state index contributed by atoms with van der Waals surface area (Å²) in [4.78, 5) is 41.7. The van der Waals surface area contributed by atoms with Gasteiger partial charge in [-0.25, -0.2) is 4.79 Å². The molecule has 0 bridgehead atoms. The number of hydrogen-bond donors (Lipinski definition) is 3. The summed E-state index contributed by atoms with van der Waals surface area (Å²) in [6.45, 7) is 3.65. The van der Waals surface area contributed by atoms with Gasteiger partial charge in [0.15, 0.2) is 0 Å². The number of amides is 3. The number of alkyl carbamates (subject to hydrolysis) is 1. The van der Waals surface area contributed by atoms with Gasteiger partial charge in [0, 0.05) is 17.5 Å². The van der Waals surface area contributed by atoms with E-state index in [2.05, 4.69) is 15.6 Å². The van der Waals surface area contributed by atoms with Crippen LogP contribution in [0.4, 0.5) is 4.79 Å². The van der Waals surface area contributed by atoms with E-state index >= 15 is 0 Å².